The lowest BCUT2D eigenvalue weighted by atomic mass is 10.1. The van der Waals surface area contributed by atoms with E-state index in [9.17, 15) is 14.7 Å². The van der Waals surface area contributed by atoms with Gasteiger partial charge >= 0.3 is 12.1 Å². The molecule has 0 bridgehead atoms. The molecular formula is C14H18ClN3O4. The molecule has 1 saturated heterocycles. The van der Waals surface area contributed by atoms with Gasteiger partial charge in [-0.2, -0.15) is 0 Å². The third kappa shape index (κ3) is 4.00. The van der Waals surface area contributed by atoms with Gasteiger partial charge in [-0.15, -0.1) is 0 Å². The topological polar surface area (TPSA) is 91.8 Å². The molecule has 1 aliphatic rings. The number of nitrogens with one attached hydrogen (secondary N) is 1. The van der Waals surface area contributed by atoms with Crippen molar-refractivity contribution in [2.45, 2.75) is 32.4 Å². The van der Waals surface area contributed by atoms with Crippen molar-refractivity contribution in [2.24, 2.45) is 0 Å². The Hall–Kier alpha value is -2.02. The summed E-state index contributed by atoms with van der Waals surface area (Å²) in [5, 5.41) is 12.2. The number of amides is 1. The molecule has 22 heavy (non-hydrogen) atoms. The first-order chi connectivity index (χ1) is 10.2. The summed E-state index contributed by atoms with van der Waals surface area (Å²) in [6.07, 6.45) is 0.914. The lowest BCUT2D eigenvalue weighted by molar-refractivity contribution is 0.0494. The van der Waals surface area contributed by atoms with Gasteiger partial charge in [-0.3, -0.25) is 0 Å². The van der Waals surface area contributed by atoms with Crippen molar-refractivity contribution in [3.8, 4) is 0 Å². The number of hydrogen-bond acceptors (Lipinski definition) is 5. The van der Waals surface area contributed by atoms with Crippen LogP contribution in [0.25, 0.3) is 0 Å². The molecule has 1 aromatic rings. The van der Waals surface area contributed by atoms with Crippen LogP contribution in [0.4, 0.5) is 10.6 Å². The van der Waals surface area contributed by atoms with Crippen molar-refractivity contribution in [3.05, 3.63) is 22.8 Å². The van der Waals surface area contributed by atoms with Gasteiger partial charge in [0.05, 0.1) is 11.1 Å². The van der Waals surface area contributed by atoms with Crippen LogP contribution in [0.5, 0.6) is 0 Å². The zero-order chi connectivity index (χ0) is 16.5. The van der Waals surface area contributed by atoms with E-state index in [1.807, 2.05) is 0 Å². The fourth-order valence-corrected chi connectivity index (χ4v) is 2.22. The predicted octanol–water partition coefficient (Wildman–Crippen LogP) is 2.15. The second-order valence-corrected chi connectivity index (χ2v) is 6.51. The summed E-state index contributed by atoms with van der Waals surface area (Å²) in [4.78, 5) is 28.7. The zero-order valence-electron chi connectivity index (χ0n) is 12.6. The van der Waals surface area contributed by atoms with Gasteiger partial charge in [0, 0.05) is 19.3 Å². The molecule has 120 valence electrons. The number of rotatable bonds is 3. The molecule has 0 saturated carbocycles. The van der Waals surface area contributed by atoms with Crippen molar-refractivity contribution in [3.63, 3.8) is 0 Å². The van der Waals surface area contributed by atoms with Crippen LogP contribution >= 0.6 is 11.6 Å². The maximum absolute atomic E-state index is 11.6. The highest BCUT2D eigenvalue weighted by atomic mass is 35.5. The van der Waals surface area contributed by atoms with E-state index < -0.39 is 17.7 Å². The van der Waals surface area contributed by atoms with Crippen LogP contribution in [0.15, 0.2) is 12.3 Å². The lowest BCUT2D eigenvalue weighted by Gasteiger charge is -2.40. The molecule has 1 aliphatic heterocycles. The maximum atomic E-state index is 11.6. The fraction of sp³-hybridized carbons (Fsp3) is 0.500. The van der Waals surface area contributed by atoms with Crippen molar-refractivity contribution in [1.29, 1.82) is 0 Å². The molecule has 2 N–H and O–H groups in total. The quantitative estimate of drug-likeness (QED) is 0.883. The minimum absolute atomic E-state index is 0.0446. The summed E-state index contributed by atoms with van der Waals surface area (Å²) < 4.78 is 5.17. The Kier molecular flexibility index (Phi) is 4.46. The highest BCUT2D eigenvalue weighted by Crippen LogP contribution is 2.25. The summed E-state index contributed by atoms with van der Waals surface area (Å²) >= 11 is 5.77. The number of pyridine rings is 1. The second-order valence-electron chi connectivity index (χ2n) is 6.08. The summed E-state index contributed by atoms with van der Waals surface area (Å²) in [6, 6.07) is 1.26. The Morgan fingerprint density at radius 1 is 1.45 bits per heavy atom. The average molecular weight is 328 g/mol. The van der Waals surface area contributed by atoms with Crippen molar-refractivity contribution in [1.82, 2.24) is 10.3 Å². The summed E-state index contributed by atoms with van der Waals surface area (Å²) in [6.45, 7) is 6.30. The molecule has 2 heterocycles. The molecule has 1 amide bonds. The summed E-state index contributed by atoms with van der Waals surface area (Å²) in [5.74, 6) is -0.743. The maximum Gasteiger partial charge on any atom is 0.407 e. The number of carboxylic acids is 1. The van der Waals surface area contributed by atoms with E-state index in [1.165, 1.54) is 12.3 Å². The van der Waals surface area contributed by atoms with Crippen LogP contribution in [0.3, 0.4) is 0 Å². The van der Waals surface area contributed by atoms with Crippen molar-refractivity contribution >= 4 is 29.5 Å². The smallest absolute Gasteiger partial charge is 0.407 e. The molecule has 0 aliphatic carbocycles. The van der Waals surface area contributed by atoms with Crippen LogP contribution in [0.2, 0.25) is 5.02 Å². The van der Waals surface area contributed by atoms with Crippen LogP contribution in [0, 0.1) is 0 Å². The molecule has 0 atom stereocenters. The number of carboxylic acid groups (broad SMARTS) is 1. The molecule has 1 fully saturated rings. The van der Waals surface area contributed by atoms with Gasteiger partial charge in [0.15, 0.2) is 0 Å². The van der Waals surface area contributed by atoms with E-state index in [0.29, 0.717) is 18.9 Å². The molecule has 8 heteroatoms. The predicted molar refractivity (Wildman–Crippen MR) is 81.6 cm³/mol. The molecule has 1 aromatic heterocycles. The Balaban J connectivity index is 1.95. The number of hydrogen-bond donors (Lipinski definition) is 2. The third-order valence-corrected chi connectivity index (χ3v) is 3.17. The minimum atomic E-state index is -1.09. The van der Waals surface area contributed by atoms with Gasteiger partial charge in [-0.25, -0.2) is 14.6 Å². The van der Waals surface area contributed by atoms with Crippen LogP contribution in [-0.2, 0) is 4.74 Å². The van der Waals surface area contributed by atoms with Gasteiger partial charge < -0.3 is 20.1 Å². The van der Waals surface area contributed by atoms with E-state index in [1.54, 1.807) is 25.7 Å². The highest BCUT2D eigenvalue weighted by Gasteiger charge is 2.32. The Bertz CT molecular complexity index is 594. The molecule has 2 rings (SSSR count). The number of nitrogens with zero attached hydrogens (tertiary/aromatic N) is 2. The number of halogens is 1. The number of carbonyl (C=O) groups is 2. The molecular weight excluding hydrogens is 310 g/mol. The van der Waals surface area contributed by atoms with Gasteiger partial charge in [0.1, 0.15) is 17.0 Å². The van der Waals surface area contributed by atoms with Crippen molar-refractivity contribution < 1.29 is 19.4 Å². The normalized spacial score (nSPS) is 15.2. The first-order valence-electron chi connectivity index (χ1n) is 6.79. The molecule has 0 unspecified atom stereocenters. The lowest BCUT2D eigenvalue weighted by Crippen LogP contribution is -2.60. The van der Waals surface area contributed by atoms with E-state index in [4.69, 9.17) is 16.3 Å². The number of ether oxygens (including phenoxy) is 1. The standard InChI is InChI=1S/C14H18ClN3O4/c1-14(2,3)22-13(21)17-9-6-18(7-9)11-10(12(19)20)4-8(15)5-16-11/h4-5,9H,6-7H2,1-3H3,(H,17,21)(H,19,20). The number of aromatic carboxylic acids is 1. The number of anilines is 1. The number of carbonyl (C=O) groups excluding carboxylic acids is 1. The van der Waals surface area contributed by atoms with Crippen LogP contribution in [0.1, 0.15) is 31.1 Å². The zero-order valence-corrected chi connectivity index (χ0v) is 13.3. The van der Waals surface area contributed by atoms with E-state index >= 15 is 0 Å². The molecule has 0 radical (unpaired) electrons. The van der Waals surface area contributed by atoms with Gasteiger partial charge in [-0.05, 0) is 26.8 Å². The highest BCUT2D eigenvalue weighted by molar-refractivity contribution is 6.30. The van der Waals surface area contributed by atoms with Gasteiger partial charge in [0.25, 0.3) is 0 Å². The number of aromatic nitrogens is 1. The summed E-state index contributed by atoms with van der Waals surface area (Å²) in [5.41, 5.74) is -0.509. The van der Waals surface area contributed by atoms with E-state index in [-0.39, 0.29) is 16.6 Å². The first-order valence-corrected chi connectivity index (χ1v) is 7.17. The summed E-state index contributed by atoms with van der Waals surface area (Å²) in [7, 11) is 0. The Morgan fingerprint density at radius 3 is 2.64 bits per heavy atom. The average Bonchev–Trinajstić information content (AvgIpc) is 2.31. The fourth-order valence-electron chi connectivity index (χ4n) is 2.06. The van der Waals surface area contributed by atoms with E-state index in [2.05, 4.69) is 10.3 Å². The van der Waals surface area contributed by atoms with Crippen molar-refractivity contribution in [2.75, 3.05) is 18.0 Å². The monoisotopic (exact) mass is 327 g/mol. The number of alkyl carbamates (subject to hydrolysis) is 1. The van der Waals surface area contributed by atoms with Crippen LogP contribution < -0.4 is 10.2 Å². The first kappa shape index (κ1) is 16.4. The SMILES string of the molecule is CC(C)(C)OC(=O)NC1CN(c2ncc(Cl)cc2C(=O)O)C1. The van der Waals surface area contributed by atoms with E-state index in [0.717, 1.165) is 0 Å². The Morgan fingerprint density at radius 2 is 2.09 bits per heavy atom. The van der Waals surface area contributed by atoms with Crippen LogP contribution in [-0.4, -0.2) is 46.9 Å². The molecule has 0 aromatic carbocycles. The van der Waals surface area contributed by atoms with Gasteiger partial charge in [-0.1, -0.05) is 11.6 Å². The molecule has 7 nitrogen and oxygen atoms in total. The van der Waals surface area contributed by atoms with Gasteiger partial charge in [0.2, 0.25) is 0 Å². The molecule has 0 spiro atoms. The second kappa shape index (κ2) is 6.00. The Labute approximate surface area is 133 Å². The third-order valence-electron chi connectivity index (χ3n) is 2.97. The largest absolute Gasteiger partial charge is 0.478 e. The minimum Gasteiger partial charge on any atom is -0.478 e.